The molecule has 4 aliphatic carbocycles. The molecule has 2 saturated carbocycles. The summed E-state index contributed by atoms with van der Waals surface area (Å²) in [6, 6.07) is 0. The van der Waals surface area contributed by atoms with E-state index in [2.05, 4.69) is 24.3 Å². The number of allylic oxidation sites excluding steroid dienone is 8. The van der Waals surface area contributed by atoms with Gasteiger partial charge in [-0.15, -0.1) is 0 Å². The molecule has 0 heterocycles. The summed E-state index contributed by atoms with van der Waals surface area (Å²) in [6.45, 7) is 1.97. The van der Waals surface area contributed by atoms with Crippen LogP contribution in [0.15, 0.2) is 47.6 Å². The zero-order valence-electron chi connectivity index (χ0n) is 13.5. The first-order valence-electron chi connectivity index (χ1n) is 9.05. The second-order valence-electron chi connectivity index (χ2n) is 7.50. The van der Waals surface area contributed by atoms with Crippen LogP contribution in [-0.2, 0) is 4.79 Å². The standard InChI is InChI=1S/C21H26O/c1-2-6-21(22)20-13-19-15-10-5-7-14(15)11-12-18(19)16-8-3-4-9-17(16)20/h2,5-7,10-11,16-20H,3-4,8-9,12-13H2,1H3. The van der Waals surface area contributed by atoms with Crippen molar-refractivity contribution >= 4 is 5.78 Å². The van der Waals surface area contributed by atoms with E-state index in [-0.39, 0.29) is 5.92 Å². The number of rotatable bonds is 2. The predicted octanol–water partition coefficient (Wildman–Crippen LogP) is 5.02. The Morgan fingerprint density at radius 3 is 2.82 bits per heavy atom. The van der Waals surface area contributed by atoms with E-state index in [4.69, 9.17) is 0 Å². The maximum Gasteiger partial charge on any atom is 0.158 e. The van der Waals surface area contributed by atoms with Crippen molar-refractivity contribution in [2.45, 2.75) is 45.4 Å². The number of hydrogen-bond acceptors (Lipinski definition) is 1. The minimum absolute atomic E-state index is 0.267. The maximum atomic E-state index is 12.7. The Morgan fingerprint density at radius 1 is 1.18 bits per heavy atom. The van der Waals surface area contributed by atoms with Gasteiger partial charge in [-0.1, -0.05) is 43.2 Å². The Labute approximate surface area is 133 Å². The molecule has 0 saturated heterocycles. The Bertz CT molecular complexity index is 589. The van der Waals surface area contributed by atoms with E-state index in [1.807, 2.05) is 19.1 Å². The second kappa shape index (κ2) is 5.68. The molecule has 1 nitrogen and oxygen atoms in total. The van der Waals surface area contributed by atoms with Gasteiger partial charge in [0, 0.05) is 5.92 Å². The lowest BCUT2D eigenvalue weighted by atomic mass is 9.53. The van der Waals surface area contributed by atoms with Gasteiger partial charge < -0.3 is 0 Å². The van der Waals surface area contributed by atoms with Crippen molar-refractivity contribution in [1.29, 1.82) is 0 Å². The van der Waals surface area contributed by atoms with E-state index >= 15 is 0 Å². The van der Waals surface area contributed by atoms with Gasteiger partial charge in [0.25, 0.3) is 0 Å². The lowest BCUT2D eigenvalue weighted by Crippen LogP contribution is -2.45. The number of hydrogen-bond donors (Lipinski definition) is 0. The fourth-order valence-electron chi connectivity index (χ4n) is 5.69. The number of carbonyl (C=O) groups is 1. The number of ketones is 1. The summed E-state index contributed by atoms with van der Waals surface area (Å²) in [6.07, 6.45) is 20.6. The third-order valence-corrected chi connectivity index (χ3v) is 6.56. The first-order chi connectivity index (χ1) is 10.8. The Morgan fingerprint density at radius 2 is 2.00 bits per heavy atom. The molecular formula is C21H26O. The summed E-state index contributed by atoms with van der Waals surface area (Å²) in [5, 5.41) is 0. The zero-order valence-corrected chi connectivity index (χ0v) is 13.5. The van der Waals surface area contributed by atoms with Crippen LogP contribution in [0.3, 0.4) is 0 Å². The molecule has 0 aromatic rings. The molecule has 5 unspecified atom stereocenters. The van der Waals surface area contributed by atoms with Crippen LogP contribution in [0.1, 0.15) is 45.4 Å². The fourth-order valence-corrected chi connectivity index (χ4v) is 5.69. The van der Waals surface area contributed by atoms with Gasteiger partial charge in [0.15, 0.2) is 5.78 Å². The molecule has 0 spiro atoms. The summed E-state index contributed by atoms with van der Waals surface area (Å²) in [5.41, 5.74) is 2.96. The molecule has 0 aromatic heterocycles. The van der Waals surface area contributed by atoms with E-state index in [1.54, 1.807) is 0 Å². The SMILES string of the molecule is CC=CC(=O)C1CC2C3=CC=CC3=CCC2C2CCCCC12. The third kappa shape index (κ3) is 2.17. The van der Waals surface area contributed by atoms with Crippen LogP contribution in [0.4, 0.5) is 0 Å². The Hall–Kier alpha value is -1.37. The first-order valence-corrected chi connectivity index (χ1v) is 9.05. The highest BCUT2D eigenvalue weighted by Gasteiger charge is 2.48. The third-order valence-electron chi connectivity index (χ3n) is 6.56. The van der Waals surface area contributed by atoms with E-state index in [0.29, 0.717) is 17.6 Å². The molecule has 22 heavy (non-hydrogen) atoms. The Balaban J connectivity index is 1.68. The van der Waals surface area contributed by atoms with Gasteiger partial charge in [0.2, 0.25) is 0 Å². The van der Waals surface area contributed by atoms with Crippen molar-refractivity contribution in [3.8, 4) is 0 Å². The number of carbonyl (C=O) groups excluding carboxylic acids is 1. The van der Waals surface area contributed by atoms with Crippen molar-refractivity contribution in [3.05, 3.63) is 47.6 Å². The average molecular weight is 294 g/mol. The summed E-state index contributed by atoms with van der Waals surface area (Å²) in [4.78, 5) is 12.7. The van der Waals surface area contributed by atoms with Crippen LogP contribution in [0.2, 0.25) is 0 Å². The lowest BCUT2D eigenvalue weighted by molar-refractivity contribution is -0.125. The van der Waals surface area contributed by atoms with Gasteiger partial charge in [-0.2, -0.15) is 0 Å². The molecule has 0 aliphatic heterocycles. The van der Waals surface area contributed by atoms with Crippen LogP contribution in [0.5, 0.6) is 0 Å². The highest BCUT2D eigenvalue weighted by molar-refractivity contribution is 5.92. The van der Waals surface area contributed by atoms with E-state index in [9.17, 15) is 4.79 Å². The fraction of sp³-hybridized carbons (Fsp3) is 0.571. The topological polar surface area (TPSA) is 17.1 Å². The van der Waals surface area contributed by atoms with Crippen LogP contribution >= 0.6 is 0 Å². The van der Waals surface area contributed by atoms with Crippen molar-refractivity contribution in [3.63, 3.8) is 0 Å². The molecule has 0 aromatic carbocycles. The quantitative estimate of drug-likeness (QED) is 0.654. The first kappa shape index (κ1) is 14.2. The molecule has 4 aliphatic rings. The van der Waals surface area contributed by atoms with Gasteiger partial charge in [-0.25, -0.2) is 0 Å². The lowest BCUT2D eigenvalue weighted by Gasteiger charge is -2.51. The average Bonchev–Trinajstić information content (AvgIpc) is 3.03. The van der Waals surface area contributed by atoms with Gasteiger partial charge in [-0.3, -0.25) is 4.79 Å². The highest BCUT2D eigenvalue weighted by atomic mass is 16.1. The smallest absolute Gasteiger partial charge is 0.158 e. The van der Waals surface area contributed by atoms with Crippen molar-refractivity contribution in [2.75, 3.05) is 0 Å². The minimum atomic E-state index is 0.267. The van der Waals surface area contributed by atoms with Crippen molar-refractivity contribution < 1.29 is 4.79 Å². The van der Waals surface area contributed by atoms with Crippen LogP contribution in [0, 0.1) is 29.6 Å². The molecule has 2 fully saturated rings. The summed E-state index contributed by atoms with van der Waals surface area (Å²) in [7, 11) is 0. The maximum absolute atomic E-state index is 12.7. The van der Waals surface area contributed by atoms with Gasteiger partial charge in [0.05, 0.1) is 0 Å². The molecule has 1 heteroatoms. The van der Waals surface area contributed by atoms with Crippen LogP contribution in [0.25, 0.3) is 0 Å². The van der Waals surface area contributed by atoms with Crippen LogP contribution < -0.4 is 0 Å². The molecule has 0 N–H and O–H groups in total. The normalized spacial score (nSPS) is 39.8. The molecule has 4 rings (SSSR count). The highest BCUT2D eigenvalue weighted by Crippen LogP contribution is 2.55. The predicted molar refractivity (Wildman–Crippen MR) is 90.3 cm³/mol. The van der Waals surface area contributed by atoms with Crippen LogP contribution in [-0.4, -0.2) is 5.78 Å². The molecule has 116 valence electrons. The van der Waals surface area contributed by atoms with E-state index in [1.165, 1.54) is 43.3 Å². The largest absolute Gasteiger partial charge is 0.295 e. The van der Waals surface area contributed by atoms with E-state index in [0.717, 1.165) is 18.3 Å². The van der Waals surface area contributed by atoms with Gasteiger partial charge in [-0.05, 0) is 73.5 Å². The summed E-state index contributed by atoms with van der Waals surface area (Å²) in [5.74, 6) is 3.47. The van der Waals surface area contributed by atoms with Gasteiger partial charge >= 0.3 is 0 Å². The second-order valence-corrected chi connectivity index (χ2v) is 7.50. The van der Waals surface area contributed by atoms with Crippen molar-refractivity contribution in [1.82, 2.24) is 0 Å². The molecule has 0 radical (unpaired) electrons. The summed E-state index contributed by atoms with van der Waals surface area (Å²) < 4.78 is 0. The monoisotopic (exact) mass is 294 g/mol. The number of fused-ring (bicyclic) bond motifs is 5. The Kier molecular flexibility index (Phi) is 3.68. The minimum Gasteiger partial charge on any atom is -0.295 e. The molecule has 0 bridgehead atoms. The molecular weight excluding hydrogens is 268 g/mol. The molecule has 0 amide bonds. The van der Waals surface area contributed by atoms with Gasteiger partial charge in [0.1, 0.15) is 0 Å². The summed E-state index contributed by atoms with van der Waals surface area (Å²) >= 11 is 0. The molecule has 5 atom stereocenters. The van der Waals surface area contributed by atoms with Crippen molar-refractivity contribution in [2.24, 2.45) is 29.6 Å². The zero-order chi connectivity index (χ0) is 15.1. The van der Waals surface area contributed by atoms with E-state index < -0.39 is 0 Å².